The molecule has 2 aromatic rings. The van der Waals surface area contributed by atoms with E-state index in [1.165, 1.54) is 32.4 Å². The lowest BCUT2D eigenvalue weighted by Gasteiger charge is -2.23. The molecule has 1 aliphatic heterocycles. The van der Waals surface area contributed by atoms with Gasteiger partial charge in [0.2, 0.25) is 15.9 Å². The average molecular weight is 479 g/mol. The van der Waals surface area contributed by atoms with Crippen LogP contribution in [-0.4, -0.2) is 54.4 Å². The maximum absolute atomic E-state index is 12.6. The van der Waals surface area contributed by atoms with Gasteiger partial charge in [0.1, 0.15) is 12.4 Å². The number of rotatable bonds is 11. The number of methoxy groups -OCH3 is 2. The Balaban J connectivity index is 1.52. The molecule has 1 aliphatic rings. The van der Waals surface area contributed by atoms with E-state index in [0.717, 1.165) is 25.9 Å². The molecule has 0 radical (unpaired) electrons. The van der Waals surface area contributed by atoms with Gasteiger partial charge >= 0.3 is 0 Å². The van der Waals surface area contributed by atoms with Crippen molar-refractivity contribution in [2.75, 3.05) is 39.3 Å². The molecule has 0 bridgehead atoms. The summed E-state index contributed by atoms with van der Waals surface area (Å²) in [5.41, 5.74) is 0.529. The maximum atomic E-state index is 12.6. The SMILES string of the molecule is COc1ccc(S(=O)(=O)NCCC(=O)Nc2ccccc2OCC2CCCCO2)cc1OC. The van der Waals surface area contributed by atoms with Crippen molar-refractivity contribution in [2.24, 2.45) is 0 Å². The Labute approximate surface area is 194 Å². The molecular weight excluding hydrogens is 448 g/mol. The van der Waals surface area contributed by atoms with Crippen molar-refractivity contribution in [1.82, 2.24) is 4.72 Å². The molecule has 180 valence electrons. The second kappa shape index (κ2) is 11.9. The lowest BCUT2D eigenvalue weighted by Crippen LogP contribution is -2.28. The lowest BCUT2D eigenvalue weighted by molar-refractivity contribution is -0.116. The van der Waals surface area contributed by atoms with E-state index in [2.05, 4.69) is 10.0 Å². The fraction of sp³-hybridized carbons (Fsp3) is 0.435. The lowest BCUT2D eigenvalue weighted by atomic mass is 10.1. The normalized spacial score (nSPS) is 16.1. The van der Waals surface area contributed by atoms with Gasteiger partial charge in [0.05, 0.1) is 30.9 Å². The number of anilines is 1. The highest BCUT2D eigenvalue weighted by atomic mass is 32.2. The number of nitrogens with one attached hydrogen (secondary N) is 2. The molecule has 1 heterocycles. The van der Waals surface area contributed by atoms with Gasteiger partial charge < -0.3 is 24.3 Å². The van der Waals surface area contributed by atoms with Gasteiger partial charge in [0, 0.05) is 25.6 Å². The molecule has 0 aliphatic carbocycles. The second-order valence-corrected chi connectivity index (χ2v) is 9.28. The van der Waals surface area contributed by atoms with Crippen LogP contribution in [0, 0.1) is 0 Å². The third-order valence-electron chi connectivity index (χ3n) is 5.17. The summed E-state index contributed by atoms with van der Waals surface area (Å²) in [6.45, 7) is 1.09. The van der Waals surface area contributed by atoms with Gasteiger partial charge in [-0.2, -0.15) is 0 Å². The van der Waals surface area contributed by atoms with Gasteiger partial charge in [-0.3, -0.25) is 4.79 Å². The summed E-state index contributed by atoms with van der Waals surface area (Å²) in [6, 6.07) is 11.4. The second-order valence-electron chi connectivity index (χ2n) is 7.51. The van der Waals surface area contributed by atoms with Crippen LogP contribution in [0.5, 0.6) is 17.2 Å². The molecule has 2 N–H and O–H groups in total. The van der Waals surface area contributed by atoms with Crippen LogP contribution in [0.15, 0.2) is 47.4 Å². The van der Waals surface area contributed by atoms with Gasteiger partial charge in [-0.15, -0.1) is 0 Å². The minimum absolute atomic E-state index is 0.0178. The third kappa shape index (κ3) is 7.08. The van der Waals surface area contributed by atoms with E-state index in [-0.39, 0.29) is 29.9 Å². The molecule has 1 fully saturated rings. The Hall–Kier alpha value is -2.82. The monoisotopic (exact) mass is 478 g/mol. The molecular formula is C23H30N2O7S. The van der Waals surface area contributed by atoms with E-state index in [9.17, 15) is 13.2 Å². The molecule has 3 rings (SSSR count). The van der Waals surface area contributed by atoms with Crippen LogP contribution in [0.1, 0.15) is 25.7 Å². The highest BCUT2D eigenvalue weighted by Crippen LogP contribution is 2.29. The molecule has 1 saturated heterocycles. The minimum Gasteiger partial charge on any atom is -0.493 e. The Bertz CT molecular complexity index is 1040. The summed E-state index contributed by atoms with van der Waals surface area (Å²) < 4.78 is 49.4. The highest BCUT2D eigenvalue weighted by molar-refractivity contribution is 7.89. The van der Waals surface area contributed by atoms with Crippen LogP contribution >= 0.6 is 0 Å². The molecule has 33 heavy (non-hydrogen) atoms. The highest BCUT2D eigenvalue weighted by Gasteiger charge is 2.18. The van der Waals surface area contributed by atoms with Crippen molar-refractivity contribution >= 4 is 21.6 Å². The Kier molecular flexibility index (Phi) is 8.93. The van der Waals surface area contributed by atoms with Crippen LogP contribution in [0.25, 0.3) is 0 Å². The van der Waals surface area contributed by atoms with E-state index >= 15 is 0 Å². The molecule has 2 aromatic carbocycles. The van der Waals surface area contributed by atoms with E-state index in [0.29, 0.717) is 29.5 Å². The first-order valence-corrected chi connectivity index (χ1v) is 12.3. The number of sulfonamides is 1. The van der Waals surface area contributed by atoms with Crippen LogP contribution in [0.4, 0.5) is 5.69 Å². The van der Waals surface area contributed by atoms with Gasteiger partial charge in [0.15, 0.2) is 11.5 Å². The molecule has 0 spiro atoms. The zero-order valence-electron chi connectivity index (χ0n) is 18.8. The third-order valence-corrected chi connectivity index (χ3v) is 6.63. The molecule has 1 atom stereocenters. The first-order chi connectivity index (χ1) is 15.9. The van der Waals surface area contributed by atoms with Crippen molar-refractivity contribution in [2.45, 2.75) is 36.7 Å². The molecule has 1 unspecified atom stereocenters. The largest absolute Gasteiger partial charge is 0.493 e. The number of hydrogen-bond donors (Lipinski definition) is 2. The summed E-state index contributed by atoms with van der Waals surface area (Å²) >= 11 is 0. The van der Waals surface area contributed by atoms with Crippen molar-refractivity contribution in [3.05, 3.63) is 42.5 Å². The quantitative estimate of drug-likeness (QED) is 0.511. The summed E-state index contributed by atoms with van der Waals surface area (Å²) in [4.78, 5) is 12.4. The summed E-state index contributed by atoms with van der Waals surface area (Å²) in [5.74, 6) is 0.932. The number of para-hydroxylation sites is 2. The van der Waals surface area contributed by atoms with Crippen molar-refractivity contribution in [3.8, 4) is 17.2 Å². The molecule has 1 amide bonds. The summed E-state index contributed by atoms with van der Waals surface area (Å²) in [5, 5.41) is 2.78. The van der Waals surface area contributed by atoms with Crippen molar-refractivity contribution in [1.29, 1.82) is 0 Å². The smallest absolute Gasteiger partial charge is 0.240 e. The van der Waals surface area contributed by atoms with Gasteiger partial charge in [0.25, 0.3) is 0 Å². The Morgan fingerprint density at radius 3 is 2.58 bits per heavy atom. The number of amides is 1. The Morgan fingerprint density at radius 1 is 1.06 bits per heavy atom. The number of benzene rings is 2. The van der Waals surface area contributed by atoms with E-state index in [1.807, 2.05) is 6.07 Å². The Morgan fingerprint density at radius 2 is 1.85 bits per heavy atom. The molecule has 10 heteroatoms. The van der Waals surface area contributed by atoms with Gasteiger partial charge in [-0.05, 0) is 43.5 Å². The van der Waals surface area contributed by atoms with E-state index in [1.54, 1.807) is 18.2 Å². The first-order valence-electron chi connectivity index (χ1n) is 10.8. The van der Waals surface area contributed by atoms with Crippen molar-refractivity contribution < 1.29 is 32.2 Å². The predicted octanol–water partition coefficient (Wildman–Crippen LogP) is 2.96. The first kappa shape index (κ1) is 24.8. The zero-order valence-corrected chi connectivity index (χ0v) is 19.7. The van der Waals surface area contributed by atoms with Crippen LogP contribution < -0.4 is 24.2 Å². The van der Waals surface area contributed by atoms with Crippen molar-refractivity contribution in [3.63, 3.8) is 0 Å². The molecule has 9 nitrogen and oxygen atoms in total. The van der Waals surface area contributed by atoms with E-state index in [4.69, 9.17) is 18.9 Å². The van der Waals surface area contributed by atoms with Crippen LogP contribution in [0.3, 0.4) is 0 Å². The van der Waals surface area contributed by atoms with Gasteiger partial charge in [-0.25, -0.2) is 13.1 Å². The fourth-order valence-electron chi connectivity index (χ4n) is 3.40. The topological polar surface area (TPSA) is 112 Å². The zero-order chi connectivity index (χ0) is 23.7. The molecule has 0 aromatic heterocycles. The van der Waals surface area contributed by atoms with Crippen LogP contribution in [0.2, 0.25) is 0 Å². The predicted molar refractivity (Wildman–Crippen MR) is 124 cm³/mol. The number of carbonyl (C=O) groups excluding carboxylic acids is 1. The average Bonchev–Trinajstić information content (AvgIpc) is 2.83. The van der Waals surface area contributed by atoms with E-state index < -0.39 is 10.0 Å². The van der Waals surface area contributed by atoms with Crippen LogP contribution in [-0.2, 0) is 19.6 Å². The number of carbonyl (C=O) groups is 1. The summed E-state index contributed by atoms with van der Waals surface area (Å²) in [7, 11) is -0.925. The summed E-state index contributed by atoms with van der Waals surface area (Å²) in [6.07, 6.45) is 3.14. The molecule has 0 saturated carbocycles. The minimum atomic E-state index is -3.82. The standard InChI is InChI=1S/C23H30N2O7S/c1-29-21-11-10-18(15-22(21)30-2)33(27,28)24-13-12-23(26)25-19-8-3-4-9-20(19)32-16-17-7-5-6-14-31-17/h3-4,8-11,15,17,24H,5-7,12-14,16H2,1-2H3,(H,25,26). The number of hydrogen-bond acceptors (Lipinski definition) is 7. The maximum Gasteiger partial charge on any atom is 0.240 e. The fourth-order valence-corrected chi connectivity index (χ4v) is 4.44. The van der Waals surface area contributed by atoms with Gasteiger partial charge in [-0.1, -0.05) is 12.1 Å². The number of ether oxygens (including phenoxy) is 4.